The second kappa shape index (κ2) is 32.0. The number of carbonyl (C=O) groups is 6. The monoisotopic (exact) mass is 1080 g/mol. The molecule has 77 heavy (non-hydrogen) atoms. The van der Waals surface area contributed by atoms with Gasteiger partial charge in [-0.2, -0.15) is 0 Å². The Morgan fingerprint density at radius 3 is 2.26 bits per heavy atom. The highest BCUT2D eigenvalue weighted by molar-refractivity contribution is 5.97. The summed E-state index contributed by atoms with van der Waals surface area (Å²) in [6.45, 7) is 2.47. The molecule has 0 fully saturated rings. The van der Waals surface area contributed by atoms with E-state index in [9.17, 15) is 53.7 Å². The molecule has 424 valence electrons. The number of nitrogens with zero attached hydrogens (tertiary/aromatic N) is 1. The third-order valence-corrected chi connectivity index (χ3v) is 12.7. The van der Waals surface area contributed by atoms with E-state index in [-0.39, 0.29) is 67.9 Å². The van der Waals surface area contributed by atoms with Gasteiger partial charge in [-0.1, -0.05) is 49.4 Å². The van der Waals surface area contributed by atoms with E-state index >= 15 is 0 Å². The van der Waals surface area contributed by atoms with Crippen LogP contribution in [0.4, 0.5) is 31.6 Å². The number of unbranched alkanes of at least 4 members (excludes halogenated alkanes) is 1. The number of primary amides is 1. The molecule has 0 radical (unpaired) electrons. The molecule has 1 aromatic heterocycles. The molecule has 19 N–H and O–H groups in total. The van der Waals surface area contributed by atoms with Crippen LogP contribution in [0.1, 0.15) is 82.8 Å². The molecule has 7 amide bonds. The van der Waals surface area contributed by atoms with Crippen LogP contribution in [0.25, 0.3) is 0 Å². The molecule has 0 saturated carbocycles. The number of aromatic nitrogens is 2. The van der Waals surface area contributed by atoms with Gasteiger partial charge < -0.3 is 78.3 Å². The van der Waals surface area contributed by atoms with Crippen molar-refractivity contribution in [2.45, 2.75) is 115 Å². The molecule has 27 nitrogen and oxygen atoms in total. The summed E-state index contributed by atoms with van der Waals surface area (Å²) in [5.41, 5.74) is 12.5. The van der Waals surface area contributed by atoms with Crippen LogP contribution in [0.15, 0.2) is 75.6 Å². The smallest absolute Gasteiger partial charge is 0.412 e. The first-order valence-electron chi connectivity index (χ1n) is 25.4. The molecule has 0 aliphatic heterocycles. The second-order valence-corrected chi connectivity index (χ2v) is 18.8. The number of aliphatic hydroxyl groups is 4. The zero-order valence-electron chi connectivity index (χ0n) is 43.3. The van der Waals surface area contributed by atoms with E-state index in [0.717, 1.165) is 24.1 Å². The van der Waals surface area contributed by atoms with Crippen molar-refractivity contribution < 1.29 is 58.7 Å². The van der Waals surface area contributed by atoms with Crippen molar-refractivity contribution in [1.29, 1.82) is 0 Å². The molecule has 7 unspecified atom stereocenters. The van der Waals surface area contributed by atoms with Crippen molar-refractivity contribution in [3.8, 4) is 0 Å². The Bertz CT molecular complexity index is 2550. The number of nitrogens with two attached hydrogens (primary N) is 3. The number of ether oxygens (including phenoxy) is 2. The quantitative estimate of drug-likeness (QED) is 0.0247. The molecule has 0 spiro atoms. The molecule has 1 aliphatic carbocycles. The van der Waals surface area contributed by atoms with Gasteiger partial charge in [-0.25, -0.2) is 25.0 Å². The number of hydrogen-bond donors (Lipinski definition) is 16. The number of benzene rings is 2. The highest BCUT2D eigenvalue weighted by Gasteiger charge is 2.27. The van der Waals surface area contributed by atoms with Crippen molar-refractivity contribution in [1.82, 2.24) is 36.2 Å². The van der Waals surface area contributed by atoms with Gasteiger partial charge in [-0.15, -0.1) is 0 Å². The standard InChI is InChI=1S/C50H75N13O14/c1-29-13-19-35(51)37(63(53)22-7-6-12-40(67)57-30(2)23-31-9-4-3-5-10-31)20-16-33(29)28-77-49(74)56-25-41(68)59-36(11-8-21-54-47(52)72)45(70)58-34-17-14-32(15-18-34)27-76-50(75)60-42-44(61-48(73)62-46(42)71)55-24-38(65)43(69)39(66)26-64/h3-5,9-10,14-15,17-18,29-30,33,36,38-39,43,64-66,69H,6-8,11-13,16,19-28,51,53H2,1-2H3,(H,56,74)(H,57,67)(H,58,70)(H,59,68)(H,60,75)(H3,52,54,72)(H3,55,61,62,71,73)/b37-35-. The van der Waals surface area contributed by atoms with Crippen molar-refractivity contribution in [3.05, 3.63) is 98.0 Å². The molecule has 3 aromatic rings. The van der Waals surface area contributed by atoms with Gasteiger partial charge >= 0.3 is 23.9 Å². The van der Waals surface area contributed by atoms with Crippen LogP contribution in [0.2, 0.25) is 0 Å². The molecule has 7 atom stereocenters. The summed E-state index contributed by atoms with van der Waals surface area (Å²) in [6, 6.07) is 14.0. The maximum Gasteiger partial charge on any atom is 0.412 e. The minimum atomic E-state index is -1.79. The first-order valence-corrected chi connectivity index (χ1v) is 25.4. The van der Waals surface area contributed by atoms with E-state index in [2.05, 4.69) is 49.1 Å². The lowest BCUT2D eigenvalue weighted by molar-refractivity contribution is -0.126. The predicted octanol–water partition coefficient (Wildman–Crippen LogP) is -0.0132. The third-order valence-electron chi connectivity index (χ3n) is 12.7. The number of urea groups is 1. The van der Waals surface area contributed by atoms with E-state index in [1.54, 1.807) is 5.01 Å². The molecule has 4 rings (SSSR count). The molecule has 2 aromatic carbocycles. The largest absolute Gasteiger partial charge is 0.449 e. The maximum absolute atomic E-state index is 13.5. The Morgan fingerprint density at radius 2 is 1.56 bits per heavy atom. The number of H-pyrrole nitrogens is 2. The van der Waals surface area contributed by atoms with Crippen LogP contribution < -0.4 is 65.8 Å². The summed E-state index contributed by atoms with van der Waals surface area (Å²) >= 11 is 0. The third kappa shape index (κ3) is 22.2. The Balaban J connectivity index is 1.22. The first-order chi connectivity index (χ1) is 36.7. The summed E-state index contributed by atoms with van der Waals surface area (Å²) in [7, 11) is 0. The summed E-state index contributed by atoms with van der Waals surface area (Å²) in [6.07, 6.45) is -1.86. The van der Waals surface area contributed by atoms with Gasteiger partial charge in [0, 0.05) is 49.2 Å². The van der Waals surface area contributed by atoms with Gasteiger partial charge in [-0.3, -0.25) is 34.5 Å². The lowest BCUT2D eigenvalue weighted by Gasteiger charge is -2.31. The van der Waals surface area contributed by atoms with Gasteiger partial charge in [-0.05, 0) is 99.8 Å². The Morgan fingerprint density at radius 1 is 0.831 bits per heavy atom. The maximum atomic E-state index is 13.5. The summed E-state index contributed by atoms with van der Waals surface area (Å²) in [5.74, 6) is 4.88. The van der Waals surface area contributed by atoms with E-state index in [1.807, 2.05) is 42.2 Å². The van der Waals surface area contributed by atoms with E-state index in [1.165, 1.54) is 24.3 Å². The number of amides is 7. The summed E-state index contributed by atoms with van der Waals surface area (Å²) < 4.78 is 10.8. The van der Waals surface area contributed by atoms with Gasteiger partial charge in [0.1, 0.15) is 37.2 Å². The summed E-state index contributed by atoms with van der Waals surface area (Å²) in [5, 5.41) is 58.0. The number of hydrazine groups is 1. The number of hydrogen-bond acceptors (Lipinski definition) is 18. The number of rotatable bonds is 29. The lowest BCUT2D eigenvalue weighted by atomic mass is 9.83. The van der Waals surface area contributed by atoms with E-state index in [0.29, 0.717) is 56.3 Å². The average molecular weight is 1080 g/mol. The molecule has 0 saturated heterocycles. The zero-order chi connectivity index (χ0) is 56.4. The van der Waals surface area contributed by atoms with Crippen molar-refractivity contribution >= 4 is 53.1 Å². The number of aliphatic hydroxyl groups excluding tert-OH is 4. The van der Waals surface area contributed by atoms with Gasteiger partial charge in [0.05, 0.1) is 19.3 Å². The molecule has 1 heterocycles. The second-order valence-electron chi connectivity index (χ2n) is 18.8. The highest BCUT2D eigenvalue weighted by Crippen LogP contribution is 2.30. The summed E-state index contributed by atoms with van der Waals surface area (Å²) in [4.78, 5) is 104. The number of nitrogens with one attached hydrogen (secondary N) is 9. The van der Waals surface area contributed by atoms with Crippen LogP contribution in [-0.4, -0.2) is 141 Å². The topological polar surface area (TPSA) is 433 Å². The van der Waals surface area contributed by atoms with E-state index < -0.39 is 91.0 Å². The fourth-order valence-electron chi connectivity index (χ4n) is 8.22. The molecule has 1 aliphatic rings. The van der Waals surface area contributed by atoms with Crippen LogP contribution >= 0.6 is 0 Å². The number of allylic oxidation sites excluding steroid dienone is 2. The highest BCUT2D eigenvalue weighted by atomic mass is 16.6. The number of anilines is 3. The molecule has 0 bridgehead atoms. The van der Waals surface area contributed by atoms with Crippen LogP contribution in [0.3, 0.4) is 0 Å². The normalized spacial score (nSPS) is 17.3. The predicted molar refractivity (Wildman–Crippen MR) is 283 cm³/mol. The van der Waals surface area contributed by atoms with Crippen LogP contribution in [-0.2, 0) is 36.9 Å². The van der Waals surface area contributed by atoms with Crippen molar-refractivity contribution in [2.24, 2.45) is 29.1 Å². The minimum Gasteiger partial charge on any atom is -0.449 e. The molecular weight excluding hydrogens is 1010 g/mol. The Labute approximate surface area is 444 Å². The average Bonchev–Trinajstić information content (AvgIpc) is 3.39. The first kappa shape index (κ1) is 61.8. The lowest BCUT2D eigenvalue weighted by Crippen LogP contribution is -2.48. The molecular formula is C50H75N13O14. The Hall–Kier alpha value is -7.72. The van der Waals surface area contributed by atoms with Crippen LogP contribution in [0.5, 0.6) is 0 Å². The fraction of sp³-hybridized carbons (Fsp3) is 0.520. The fourth-order valence-corrected chi connectivity index (χ4v) is 8.22. The van der Waals surface area contributed by atoms with E-state index in [4.69, 9.17) is 31.9 Å². The van der Waals surface area contributed by atoms with Crippen molar-refractivity contribution in [2.75, 3.05) is 55.3 Å². The van der Waals surface area contributed by atoms with Gasteiger partial charge in [0.2, 0.25) is 17.7 Å². The number of aromatic amines is 2. The number of carbonyl (C=O) groups excluding carboxylic acids is 6. The Kier molecular flexibility index (Phi) is 25.7. The zero-order valence-corrected chi connectivity index (χ0v) is 43.3. The van der Waals surface area contributed by atoms with Crippen molar-refractivity contribution in [3.63, 3.8) is 0 Å². The molecule has 27 heteroatoms. The van der Waals surface area contributed by atoms with Gasteiger partial charge in [0.25, 0.3) is 5.56 Å². The van der Waals surface area contributed by atoms with Gasteiger partial charge in [0.15, 0.2) is 5.69 Å². The minimum absolute atomic E-state index is 0.00699. The number of alkyl carbamates (subject to hydrolysis) is 1. The van der Waals surface area contributed by atoms with Crippen LogP contribution in [0, 0.1) is 11.8 Å². The SMILES string of the molecule is CC(Cc1ccccc1)NC(=O)CCCCN(N)/C1=C(\N)CCC(C)C(COC(=O)NCC(=O)NC(CCCNC(N)=O)C(=O)Nc2ccc(COC(=O)Nc3c(NCC(O)C(O)C(O)CO)[nH]c(=O)[nH]c3=O)cc2)CC1.